The molecule has 84 valence electrons. The number of rotatable bonds is 3. The second-order valence-corrected chi connectivity index (χ2v) is 3.80. The van der Waals surface area contributed by atoms with Gasteiger partial charge in [-0.1, -0.05) is 0 Å². The summed E-state index contributed by atoms with van der Waals surface area (Å²) in [5.74, 6) is 0. The first kappa shape index (κ1) is 10.8. The quantitative estimate of drug-likeness (QED) is 0.845. The smallest absolute Gasteiger partial charge is 0.0675 e. The van der Waals surface area contributed by atoms with Gasteiger partial charge in [0.05, 0.1) is 11.4 Å². The van der Waals surface area contributed by atoms with E-state index in [2.05, 4.69) is 15.4 Å². The van der Waals surface area contributed by atoms with Gasteiger partial charge in [-0.2, -0.15) is 5.10 Å². The lowest BCUT2D eigenvalue weighted by molar-refractivity contribution is 0.669. The first-order chi connectivity index (χ1) is 7.74. The molecule has 1 N–H and O–H groups in total. The van der Waals surface area contributed by atoms with Gasteiger partial charge in [0.15, 0.2) is 0 Å². The number of nitrogens with one attached hydrogen (secondary N) is 1. The SMILES string of the molecule is CNCc1c(-c2ccncc2)c(C)nn1C. The Morgan fingerprint density at radius 3 is 2.62 bits per heavy atom. The van der Waals surface area contributed by atoms with Gasteiger partial charge in [0, 0.05) is 31.5 Å². The van der Waals surface area contributed by atoms with E-state index in [4.69, 9.17) is 0 Å². The summed E-state index contributed by atoms with van der Waals surface area (Å²) in [6, 6.07) is 4.03. The number of nitrogens with zero attached hydrogens (tertiary/aromatic N) is 3. The summed E-state index contributed by atoms with van der Waals surface area (Å²) in [4.78, 5) is 4.04. The molecular formula is C12H16N4. The van der Waals surface area contributed by atoms with Crippen molar-refractivity contribution in [2.24, 2.45) is 7.05 Å². The Morgan fingerprint density at radius 1 is 1.31 bits per heavy atom. The van der Waals surface area contributed by atoms with Crippen molar-refractivity contribution in [1.29, 1.82) is 0 Å². The fourth-order valence-electron chi connectivity index (χ4n) is 1.97. The van der Waals surface area contributed by atoms with E-state index in [-0.39, 0.29) is 0 Å². The summed E-state index contributed by atoms with van der Waals surface area (Å²) in [6.07, 6.45) is 3.62. The second-order valence-electron chi connectivity index (χ2n) is 3.80. The molecule has 0 fully saturated rings. The van der Waals surface area contributed by atoms with Crippen LogP contribution in [0.3, 0.4) is 0 Å². The lowest BCUT2D eigenvalue weighted by atomic mass is 10.0. The van der Waals surface area contributed by atoms with Crippen molar-refractivity contribution in [2.45, 2.75) is 13.5 Å². The highest BCUT2D eigenvalue weighted by atomic mass is 15.3. The predicted molar refractivity (Wildman–Crippen MR) is 63.9 cm³/mol. The molecule has 0 aliphatic rings. The molecule has 0 saturated carbocycles. The van der Waals surface area contributed by atoms with Crippen LogP contribution in [0.5, 0.6) is 0 Å². The highest BCUT2D eigenvalue weighted by Crippen LogP contribution is 2.26. The summed E-state index contributed by atoms with van der Waals surface area (Å²) in [7, 11) is 3.92. The minimum Gasteiger partial charge on any atom is -0.314 e. The van der Waals surface area contributed by atoms with Crippen LogP contribution in [0.4, 0.5) is 0 Å². The van der Waals surface area contributed by atoms with Crippen molar-refractivity contribution in [3.63, 3.8) is 0 Å². The van der Waals surface area contributed by atoms with Gasteiger partial charge in [0.2, 0.25) is 0 Å². The maximum Gasteiger partial charge on any atom is 0.0675 e. The van der Waals surface area contributed by atoms with Gasteiger partial charge in [-0.15, -0.1) is 0 Å². The van der Waals surface area contributed by atoms with E-state index in [0.29, 0.717) is 0 Å². The summed E-state index contributed by atoms with van der Waals surface area (Å²) >= 11 is 0. The first-order valence-electron chi connectivity index (χ1n) is 5.31. The fourth-order valence-corrected chi connectivity index (χ4v) is 1.97. The molecule has 4 nitrogen and oxygen atoms in total. The van der Waals surface area contributed by atoms with Crippen LogP contribution in [0.25, 0.3) is 11.1 Å². The Morgan fingerprint density at radius 2 is 2.00 bits per heavy atom. The molecule has 2 aromatic rings. The second kappa shape index (κ2) is 4.45. The van der Waals surface area contributed by atoms with Gasteiger partial charge in [-0.05, 0) is 31.7 Å². The van der Waals surface area contributed by atoms with Crippen molar-refractivity contribution in [3.05, 3.63) is 35.9 Å². The molecule has 0 spiro atoms. The van der Waals surface area contributed by atoms with Gasteiger partial charge >= 0.3 is 0 Å². The minimum atomic E-state index is 0.814. The van der Waals surface area contributed by atoms with E-state index >= 15 is 0 Å². The van der Waals surface area contributed by atoms with Crippen LogP contribution in [0, 0.1) is 6.92 Å². The topological polar surface area (TPSA) is 42.7 Å². The molecular weight excluding hydrogens is 200 g/mol. The van der Waals surface area contributed by atoms with Gasteiger partial charge in [-0.25, -0.2) is 0 Å². The van der Waals surface area contributed by atoms with Crippen LogP contribution in [0.1, 0.15) is 11.4 Å². The zero-order valence-corrected chi connectivity index (χ0v) is 9.86. The van der Waals surface area contributed by atoms with Crippen LogP contribution in [-0.4, -0.2) is 21.8 Å². The van der Waals surface area contributed by atoms with Gasteiger partial charge in [0.25, 0.3) is 0 Å². The average Bonchev–Trinajstić information content (AvgIpc) is 2.56. The van der Waals surface area contributed by atoms with E-state index in [1.165, 1.54) is 16.8 Å². The zero-order chi connectivity index (χ0) is 11.5. The maximum atomic E-state index is 4.46. The van der Waals surface area contributed by atoms with E-state index < -0.39 is 0 Å². The number of pyridine rings is 1. The normalized spacial score (nSPS) is 10.7. The number of hydrogen-bond acceptors (Lipinski definition) is 3. The summed E-state index contributed by atoms with van der Waals surface area (Å²) in [5, 5.41) is 7.63. The van der Waals surface area contributed by atoms with Crippen LogP contribution >= 0.6 is 0 Å². The third kappa shape index (κ3) is 1.84. The molecule has 0 unspecified atom stereocenters. The number of aromatic nitrogens is 3. The largest absolute Gasteiger partial charge is 0.314 e. The minimum absolute atomic E-state index is 0.814. The molecule has 16 heavy (non-hydrogen) atoms. The Balaban J connectivity index is 2.55. The number of hydrogen-bond donors (Lipinski definition) is 1. The van der Waals surface area contributed by atoms with Crippen LogP contribution < -0.4 is 5.32 Å². The lowest BCUT2D eigenvalue weighted by Gasteiger charge is -2.05. The molecule has 0 bridgehead atoms. The molecule has 0 radical (unpaired) electrons. The van der Waals surface area contributed by atoms with Crippen LogP contribution in [0.15, 0.2) is 24.5 Å². The third-order valence-corrected chi connectivity index (χ3v) is 2.65. The summed E-state index contributed by atoms with van der Waals surface area (Å²) in [5.41, 5.74) is 4.63. The molecule has 0 amide bonds. The zero-order valence-electron chi connectivity index (χ0n) is 9.86. The van der Waals surface area contributed by atoms with Crippen LogP contribution in [0.2, 0.25) is 0 Å². The molecule has 2 aromatic heterocycles. The molecule has 0 atom stereocenters. The Labute approximate surface area is 95.3 Å². The molecule has 4 heteroatoms. The van der Waals surface area contributed by atoms with Crippen LogP contribution in [-0.2, 0) is 13.6 Å². The number of aryl methyl sites for hydroxylation is 2. The van der Waals surface area contributed by atoms with Crippen molar-refractivity contribution in [1.82, 2.24) is 20.1 Å². The molecule has 0 aliphatic carbocycles. The fraction of sp³-hybridized carbons (Fsp3) is 0.333. The van der Waals surface area contributed by atoms with E-state index in [1.54, 1.807) is 0 Å². The van der Waals surface area contributed by atoms with E-state index in [1.807, 2.05) is 50.2 Å². The highest BCUT2D eigenvalue weighted by molar-refractivity contribution is 5.68. The molecule has 2 rings (SSSR count). The highest BCUT2D eigenvalue weighted by Gasteiger charge is 2.13. The summed E-state index contributed by atoms with van der Waals surface area (Å²) in [6.45, 7) is 2.85. The maximum absolute atomic E-state index is 4.46. The van der Waals surface area contributed by atoms with E-state index in [0.717, 1.165) is 12.2 Å². The molecule has 0 aromatic carbocycles. The Kier molecular flexibility index (Phi) is 3.01. The average molecular weight is 216 g/mol. The molecule has 2 heterocycles. The van der Waals surface area contributed by atoms with Gasteiger partial charge in [-0.3, -0.25) is 9.67 Å². The third-order valence-electron chi connectivity index (χ3n) is 2.65. The van der Waals surface area contributed by atoms with Gasteiger partial charge < -0.3 is 5.32 Å². The molecule has 0 aliphatic heterocycles. The monoisotopic (exact) mass is 216 g/mol. The van der Waals surface area contributed by atoms with Gasteiger partial charge in [0.1, 0.15) is 0 Å². The van der Waals surface area contributed by atoms with E-state index in [9.17, 15) is 0 Å². The van der Waals surface area contributed by atoms with Crippen molar-refractivity contribution >= 4 is 0 Å². The first-order valence-corrected chi connectivity index (χ1v) is 5.31. The summed E-state index contributed by atoms with van der Waals surface area (Å²) < 4.78 is 1.93. The van der Waals surface area contributed by atoms with Crippen molar-refractivity contribution < 1.29 is 0 Å². The Hall–Kier alpha value is -1.68. The molecule has 0 saturated heterocycles. The standard InChI is InChI=1S/C12H16N4/c1-9-12(10-4-6-14-7-5-10)11(8-13-2)16(3)15-9/h4-7,13H,8H2,1-3H3. The Bertz CT molecular complexity index is 473. The van der Waals surface area contributed by atoms with Crippen molar-refractivity contribution in [2.75, 3.05) is 7.05 Å². The predicted octanol–water partition coefficient (Wildman–Crippen LogP) is 1.51. The van der Waals surface area contributed by atoms with Crippen molar-refractivity contribution in [3.8, 4) is 11.1 Å². The lowest BCUT2D eigenvalue weighted by Crippen LogP contribution is -2.10.